The summed E-state index contributed by atoms with van der Waals surface area (Å²) in [4.78, 5) is 15.8. The average molecular weight is 224 g/mol. The normalized spacial score (nSPS) is 12.8. The first-order chi connectivity index (χ1) is 7.54. The molecule has 0 aliphatic rings. The molecule has 90 valence electrons. The van der Waals surface area contributed by atoms with Gasteiger partial charge in [-0.05, 0) is 12.8 Å². The van der Waals surface area contributed by atoms with E-state index in [4.69, 9.17) is 5.73 Å². The van der Waals surface area contributed by atoms with Gasteiger partial charge in [0.05, 0.1) is 6.54 Å². The summed E-state index contributed by atoms with van der Waals surface area (Å²) < 4.78 is 1.77. The number of rotatable bonds is 5. The molecule has 0 aliphatic heterocycles. The number of hydrogen-bond donors (Lipinski definition) is 2. The summed E-state index contributed by atoms with van der Waals surface area (Å²) in [5.41, 5.74) is 5.51. The number of imidazole rings is 1. The molecule has 1 aromatic heterocycles. The third-order valence-corrected chi connectivity index (χ3v) is 2.69. The van der Waals surface area contributed by atoms with E-state index in [0.29, 0.717) is 12.5 Å². The maximum absolute atomic E-state index is 11.7. The molecule has 16 heavy (non-hydrogen) atoms. The quantitative estimate of drug-likeness (QED) is 0.765. The van der Waals surface area contributed by atoms with Crippen LogP contribution in [0, 0.1) is 5.92 Å². The van der Waals surface area contributed by atoms with Gasteiger partial charge in [-0.25, -0.2) is 4.98 Å². The Morgan fingerprint density at radius 3 is 2.81 bits per heavy atom. The van der Waals surface area contributed by atoms with Gasteiger partial charge >= 0.3 is 0 Å². The highest BCUT2D eigenvalue weighted by Crippen LogP contribution is 2.01. The van der Waals surface area contributed by atoms with Crippen LogP contribution in [0.4, 0.5) is 0 Å². The van der Waals surface area contributed by atoms with Crippen LogP contribution in [-0.2, 0) is 17.9 Å². The van der Waals surface area contributed by atoms with E-state index in [1.54, 1.807) is 17.0 Å². The summed E-state index contributed by atoms with van der Waals surface area (Å²) in [5, 5.41) is 2.94. The fraction of sp³-hybridized carbons (Fsp3) is 0.636. The predicted octanol–water partition coefficient (Wildman–Crippen LogP) is 0.503. The van der Waals surface area contributed by atoms with E-state index in [-0.39, 0.29) is 18.5 Å². The molecule has 0 fully saturated rings. The van der Waals surface area contributed by atoms with Crippen molar-refractivity contribution < 1.29 is 4.79 Å². The zero-order valence-electron chi connectivity index (χ0n) is 10.1. The molecule has 1 heterocycles. The zero-order valence-corrected chi connectivity index (χ0v) is 10.1. The Balaban J connectivity index is 2.52. The van der Waals surface area contributed by atoms with Crippen molar-refractivity contribution in [1.29, 1.82) is 0 Å². The second kappa shape index (κ2) is 5.65. The molecule has 3 N–H and O–H groups in total. The first kappa shape index (κ1) is 12.7. The van der Waals surface area contributed by atoms with Crippen molar-refractivity contribution >= 4 is 5.91 Å². The fourth-order valence-electron chi connectivity index (χ4n) is 1.29. The highest BCUT2D eigenvalue weighted by molar-refractivity contribution is 5.76. The fourth-order valence-corrected chi connectivity index (χ4v) is 1.29. The third-order valence-electron chi connectivity index (χ3n) is 2.69. The lowest BCUT2D eigenvalue weighted by atomic mass is 10.1. The second-order valence-electron chi connectivity index (χ2n) is 4.28. The van der Waals surface area contributed by atoms with Crippen LogP contribution in [0.15, 0.2) is 12.4 Å². The Kier molecular flexibility index (Phi) is 4.49. The Labute approximate surface area is 96.0 Å². The molecular formula is C11H20N4O. The van der Waals surface area contributed by atoms with Crippen molar-refractivity contribution in [3.8, 4) is 0 Å². The van der Waals surface area contributed by atoms with Crippen LogP contribution in [0.3, 0.4) is 0 Å². The molecule has 1 unspecified atom stereocenters. The van der Waals surface area contributed by atoms with Crippen LogP contribution in [0.1, 0.15) is 26.6 Å². The molecule has 0 saturated heterocycles. The molecule has 0 bridgehead atoms. The van der Waals surface area contributed by atoms with Crippen molar-refractivity contribution in [2.24, 2.45) is 11.7 Å². The van der Waals surface area contributed by atoms with E-state index in [1.165, 1.54) is 0 Å². The second-order valence-corrected chi connectivity index (χ2v) is 4.28. The first-order valence-corrected chi connectivity index (χ1v) is 5.54. The van der Waals surface area contributed by atoms with E-state index in [1.807, 2.05) is 6.92 Å². The topological polar surface area (TPSA) is 72.9 Å². The zero-order chi connectivity index (χ0) is 12.1. The van der Waals surface area contributed by atoms with Crippen molar-refractivity contribution in [2.75, 3.05) is 0 Å². The van der Waals surface area contributed by atoms with Gasteiger partial charge in [-0.1, -0.05) is 13.8 Å². The molecule has 0 spiro atoms. The molecule has 5 heteroatoms. The molecule has 0 saturated carbocycles. The minimum atomic E-state index is -0.00565. The van der Waals surface area contributed by atoms with Gasteiger partial charge in [-0.15, -0.1) is 0 Å². The first-order valence-electron chi connectivity index (χ1n) is 5.54. The standard InChI is InChI=1S/C11H20N4O/c1-8(2)9(3)14-11(16)7-15-5-4-13-10(15)6-12/h4-5,8-9H,6-7,12H2,1-3H3,(H,14,16). The van der Waals surface area contributed by atoms with Crippen LogP contribution in [-0.4, -0.2) is 21.5 Å². The summed E-state index contributed by atoms with van der Waals surface area (Å²) in [6.45, 7) is 6.78. The number of nitrogens with two attached hydrogens (primary N) is 1. The summed E-state index contributed by atoms with van der Waals surface area (Å²) in [7, 11) is 0. The number of carbonyl (C=O) groups is 1. The summed E-state index contributed by atoms with van der Waals surface area (Å²) >= 11 is 0. The van der Waals surface area contributed by atoms with Gasteiger partial charge in [-0.2, -0.15) is 0 Å². The molecule has 1 rings (SSSR count). The number of nitrogens with zero attached hydrogens (tertiary/aromatic N) is 2. The van der Waals surface area contributed by atoms with Crippen LogP contribution < -0.4 is 11.1 Å². The van der Waals surface area contributed by atoms with Crippen molar-refractivity contribution in [1.82, 2.24) is 14.9 Å². The highest BCUT2D eigenvalue weighted by atomic mass is 16.2. The molecule has 1 atom stereocenters. The van der Waals surface area contributed by atoms with Gasteiger partial charge < -0.3 is 15.6 Å². The maximum Gasteiger partial charge on any atom is 0.240 e. The monoisotopic (exact) mass is 224 g/mol. The van der Waals surface area contributed by atoms with Crippen LogP contribution in [0.2, 0.25) is 0 Å². The number of hydrogen-bond acceptors (Lipinski definition) is 3. The number of aromatic nitrogens is 2. The van der Waals surface area contributed by atoms with E-state index < -0.39 is 0 Å². The lowest BCUT2D eigenvalue weighted by Crippen LogP contribution is -2.38. The molecule has 0 aromatic carbocycles. The van der Waals surface area contributed by atoms with Crippen LogP contribution in [0.25, 0.3) is 0 Å². The highest BCUT2D eigenvalue weighted by Gasteiger charge is 2.12. The summed E-state index contributed by atoms with van der Waals surface area (Å²) in [6, 6.07) is 0.178. The van der Waals surface area contributed by atoms with Gasteiger partial charge in [0.25, 0.3) is 0 Å². The maximum atomic E-state index is 11.7. The minimum Gasteiger partial charge on any atom is -0.352 e. The van der Waals surface area contributed by atoms with Crippen molar-refractivity contribution in [3.05, 3.63) is 18.2 Å². The van der Waals surface area contributed by atoms with Crippen LogP contribution >= 0.6 is 0 Å². The predicted molar refractivity (Wildman–Crippen MR) is 62.6 cm³/mol. The van der Waals surface area contributed by atoms with Gasteiger partial charge in [0.15, 0.2) is 0 Å². The summed E-state index contributed by atoms with van der Waals surface area (Å²) in [5.74, 6) is 1.15. The van der Waals surface area contributed by atoms with E-state index in [0.717, 1.165) is 5.82 Å². The Morgan fingerprint density at radius 2 is 2.25 bits per heavy atom. The van der Waals surface area contributed by atoms with E-state index in [9.17, 15) is 4.79 Å². The van der Waals surface area contributed by atoms with E-state index >= 15 is 0 Å². The minimum absolute atomic E-state index is 0.00565. The SMILES string of the molecule is CC(C)C(C)NC(=O)Cn1ccnc1CN. The van der Waals surface area contributed by atoms with Gasteiger partial charge in [0.1, 0.15) is 12.4 Å². The third kappa shape index (κ3) is 3.34. The molecule has 1 aromatic rings. The number of nitrogens with one attached hydrogen (secondary N) is 1. The number of amides is 1. The smallest absolute Gasteiger partial charge is 0.240 e. The Bertz CT molecular complexity index is 346. The van der Waals surface area contributed by atoms with Crippen molar-refractivity contribution in [3.63, 3.8) is 0 Å². The number of carbonyl (C=O) groups excluding carboxylic acids is 1. The molecule has 1 amide bonds. The average Bonchev–Trinajstić information content (AvgIpc) is 2.64. The molecular weight excluding hydrogens is 204 g/mol. The van der Waals surface area contributed by atoms with Crippen molar-refractivity contribution in [2.45, 2.75) is 39.9 Å². The molecule has 0 radical (unpaired) electrons. The lowest BCUT2D eigenvalue weighted by Gasteiger charge is -2.17. The Morgan fingerprint density at radius 1 is 1.56 bits per heavy atom. The summed E-state index contributed by atoms with van der Waals surface area (Å²) in [6.07, 6.45) is 3.42. The molecule has 0 aliphatic carbocycles. The lowest BCUT2D eigenvalue weighted by molar-refractivity contribution is -0.122. The Hall–Kier alpha value is -1.36. The molecule has 5 nitrogen and oxygen atoms in total. The van der Waals surface area contributed by atoms with E-state index in [2.05, 4.69) is 24.1 Å². The van der Waals surface area contributed by atoms with Gasteiger partial charge in [0, 0.05) is 18.4 Å². The van der Waals surface area contributed by atoms with Gasteiger partial charge in [0.2, 0.25) is 5.91 Å². The van der Waals surface area contributed by atoms with Gasteiger partial charge in [-0.3, -0.25) is 4.79 Å². The van der Waals surface area contributed by atoms with Crippen LogP contribution in [0.5, 0.6) is 0 Å². The largest absolute Gasteiger partial charge is 0.352 e.